The highest BCUT2D eigenvalue weighted by atomic mass is 79.9. The minimum absolute atomic E-state index is 0.374. The fourth-order valence-corrected chi connectivity index (χ4v) is 1.96. The minimum atomic E-state index is -0.922. The van der Waals surface area contributed by atoms with Crippen LogP contribution >= 0.6 is 15.9 Å². The van der Waals surface area contributed by atoms with Crippen LogP contribution in [0.5, 0.6) is 0 Å². The summed E-state index contributed by atoms with van der Waals surface area (Å²) in [6.07, 6.45) is 1.46. The van der Waals surface area contributed by atoms with E-state index in [-0.39, 0.29) is 0 Å². The average Bonchev–Trinajstić information content (AvgIpc) is 2.80. The molecule has 0 bridgehead atoms. The zero-order chi connectivity index (χ0) is 13.1. The quantitative estimate of drug-likeness (QED) is 0.944. The Morgan fingerprint density at radius 3 is 2.94 bits per heavy atom. The molecule has 0 spiro atoms. The van der Waals surface area contributed by atoms with Crippen LogP contribution in [0.1, 0.15) is 30.7 Å². The van der Waals surface area contributed by atoms with Crippen LogP contribution in [-0.4, -0.2) is 20.1 Å². The molecule has 96 valence electrons. The van der Waals surface area contributed by atoms with Gasteiger partial charge >= 0.3 is 0 Å². The molecule has 1 heterocycles. The number of aliphatic hydroxyl groups excluding tert-OH is 1. The van der Waals surface area contributed by atoms with Gasteiger partial charge in [0.15, 0.2) is 0 Å². The molecular weight excluding hydrogens is 301 g/mol. The Balaban J connectivity index is 2.32. The first-order valence-corrected chi connectivity index (χ1v) is 6.44. The lowest BCUT2D eigenvalue weighted by atomic mass is 10.1. The van der Waals surface area contributed by atoms with E-state index < -0.39 is 11.9 Å². The monoisotopic (exact) mass is 313 g/mol. The van der Waals surface area contributed by atoms with Crippen LogP contribution in [0, 0.1) is 5.82 Å². The number of hydrogen-bond donors (Lipinski definition) is 1. The molecule has 0 aliphatic heterocycles. The molecule has 4 nitrogen and oxygen atoms in total. The molecule has 1 atom stereocenters. The van der Waals surface area contributed by atoms with Crippen molar-refractivity contribution in [3.05, 3.63) is 45.9 Å². The number of aromatic nitrogens is 3. The van der Waals surface area contributed by atoms with Gasteiger partial charge in [-0.25, -0.2) is 9.07 Å². The largest absolute Gasteiger partial charge is 0.382 e. The number of aliphatic hydroxyl groups is 1. The maximum Gasteiger partial charge on any atom is 0.137 e. The van der Waals surface area contributed by atoms with Crippen molar-refractivity contribution in [2.75, 3.05) is 0 Å². The van der Waals surface area contributed by atoms with Gasteiger partial charge < -0.3 is 5.11 Å². The van der Waals surface area contributed by atoms with Crippen molar-refractivity contribution in [3.8, 4) is 0 Å². The number of halogens is 2. The topological polar surface area (TPSA) is 50.9 Å². The van der Waals surface area contributed by atoms with Gasteiger partial charge in [0.1, 0.15) is 11.9 Å². The molecule has 0 aliphatic carbocycles. The van der Waals surface area contributed by atoms with Crippen molar-refractivity contribution in [3.63, 3.8) is 0 Å². The molecule has 0 fully saturated rings. The van der Waals surface area contributed by atoms with Crippen molar-refractivity contribution in [2.24, 2.45) is 0 Å². The standard InChI is InChI=1S/C12H13BrFN3O/c1-2-5-17-11(7-15-16-17)12(18)8-3-4-9(13)10(14)6-8/h3-4,6-7,12,18H,2,5H2,1H3. The van der Waals surface area contributed by atoms with Crippen LogP contribution in [0.15, 0.2) is 28.9 Å². The van der Waals surface area contributed by atoms with E-state index in [4.69, 9.17) is 0 Å². The second-order valence-corrected chi connectivity index (χ2v) is 4.81. The van der Waals surface area contributed by atoms with E-state index in [0.717, 1.165) is 6.42 Å². The zero-order valence-corrected chi connectivity index (χ0v) is 11.4. The first-order valence-electron chi connectivity index (χ1n) is 5.65. The van der Waals surface area contributed by atoms with Gasteiger partial charge in [-0.1, -0.05) is 18.2 Å². The summed E-state index contributed by atoms with van der Waals surface area (Å²) in [6.45, 7) is 2.68. The highest BCUT2D eigenvalue weighted by molar-refractivity contribution is 9.10. The fraction of sp³-hybridized carbons (Fsp3) is 0.333. The fourth-order valence-electron chi connectivity index (χ4n) is 1.72. The average molecular weight is 314 g/mol. The van der Waals surface area contributed by atoms with E-state index in [1.165, 1.54) is 12.3 Å². The summed E-state index contributed by atoms with van der Waals surface area (Å²) in [5.41, 5.74) is 1.05. The normalized spacial score (nSPS) is 12.7. The van der Waals surface area contributed by atoms with Gasteiger partial charge in [-0.05, 0) is 40.0 Å². The Bertz CT molecular complexity index is 544. The molecule has 0 radical (unpaired) electrons. The summed E-state index contributed by atoms with van der Waals surface area (Å²) in [5.74, 6) is -0.402. The first kappa shape index (κ1) is 13.2. The van der Waals surface area contributed by atoms with Crippen LogP contribution in [0.4, 0.5) is 4.39 Å². The van der Waals surface area contributed by atoms with E-state index in [2.05, 4.69) is 26.2 Å². The van der Waals surface area contributed by atoms with E-state index in [1.807, 2.05) is 6.92 Å². The van der Waals surface area contributed by atoms with Gasteiger partial charge in [0.2, 0.25) is 0 Å². The SMILES string of the molecule is CCCn1nncc1C(O)c1ccc(Br)c(F)c1. The van der Waals surface area contributed by atoms with Crippen molar-refractivity contribution in [1.29, 1.82) is 0 Å². The smallest absolute Gasteiger partial charge is 0.137 e. The molecule has 1 N–H and O–H groups in total. The predicted octanol–water partition coefficient (Wildman–Crippen LogP) is 2.67. The van der Waals surface area contributed by atoms with E-state index in [1.54, 1.807) is 16.8 Å². The summed E-state index contributed by atoms with van der Waals surface area (Å²) in [7, 11) is 0. The number of aryl methyl sites for hydroxylation is 1. The van der Waals surface area contributed by atoms with Gasteiger partial charge in [0.05, 0.1) is 16.4 Å². The van der Waals surface area contributed by atoms with E-state index in [9.17, 15) is 9.50 Å². The first-order chi connectivity index (χ1) is 8.63. The van der Waals surface area contributed by atoms with Gasteiger partial charge in [0, 0.05) is 6.54 Å². The van der Waals surface area contributed by atoms with Crippen molar-refractivity contribution < 1.29 is 9.50 Å². The Morgan fingerprint density at radius 1 is 1.50 bits per heavy atom. The molecule has 0 saturated heterocycles. The second-order valence-electron chi connectivity index (χ2n) is 3.96. The molecule has 6 heteroatoms. The van der Waals surface area contributed by atoms with Crippen molar-refractivity contribution in [2.45, 2.75) is 26.0 Å². The molecule has 2 rings (SSSR count). The lowest BCUT2D eigenvalue weighted by molar-refractivity contribution is 0.207. The Hall–Kier alpha value is -1.27. The van der Waals surface area contributed by atoms with Gasteiger partial charge in [-0.3, -0.25) is 0 Å². The highest BCUT2D eigenvalue weighted by Crippen LogP contribution is 2.25. The van der Waals surface area contributed by atoms with Crippen molar-refractivity contribution >= 4 is 15.9 Å². The summed E-state index contributed by atoms with van der Waals surface area (Å²) in [4.78, 5) is 0. The summed E-state index contributed by atoms with van der Waals surface area (Å²) >= 11 is 3.08. The van der Waals surface area contributed by atoms with Gasteiger partial charge in [0.25, 0.3) is 0 Å². The molecule has 2 aromatic rings. The summed E-state index contributed by atoms with van der Waals surface area (Å²) < 4.78 is 15.4. The van der Waals surface area contributed by atoms with E-state index in [0.29, 0.717) is 22.3 Å². The second kappa shape index (κ2) is 5.58. The lowest BCUT2D eigenvalue weighted by Crippen LogP contribution is -2.10. The van der Waals surface area contributed by atoms with Gasteiger partial charge in [-0.15, -0.1) is 5.10 Å². The minimum Gasteiger partial charge on any atom is -0.382 e. The lowest BCUT2D eigenvalue weighted by Gasteiger charge is -2.12. The number of hydrogen-bond acceptors (Lipinski definition) is 3. The highest BCUT2D eigenvalue weighted by Gasteiger charge is 2.17. The molecule has 0 aliphatic rings. The molecule has 1 aromatic heterocycles. The van der Waals surface area contributed by atoms with Crippen LogP contribution in [0.25, 0.3) is 0 Å². The number of benzene rings is 1. The maximum atomic E-state index is 13.4. The molecule has 1 aromatic carbocycles. The van der Waals surface area contributed by atoms with Crippen LogP contribution < -0.4 is 0 Å². The Kier molecular flexibility index (Phi) is 4.08. The maximum absolute atomic E-state index is 13.4. The van der Waals surface area contributed by atoms with Crippen LogP contribution in [0.2, 0.25) is 0 Å². The number of nitrogens with zero attached hydrogens (tertiary/aromatic N) is 3. The molecule has 0 saturated carbocycles. The molecule has 18 heavy (non-hydrogen) atoms. The van der Waals surface area contributed by atoms with Crippen molar-refractivity contribution in [1.82, 2.24) is 15.0 Å². The third kappa shape index (κ3) is 2.59. The Morgan fingerprint density at radius 2 is 2.28 bits per heavy atom. The molecule has 1 unspecified atom stereocenters. The predicted molar refractivity (Wildman–Crippen MR) is 68.5 cm³/mol. The van der Waals surface area contributed by atoms with Crippen LogP contribution in [0.3, 0.4) is 0 Å². The van der Waals surface area contributed by atoms with Crippen LogP contribution in [-0.2, 0) is 6.54 Å². The van der Waals surface area contributed by atoms with E-state index >= 15 is 0 Å². The summed E-state index contributed by atoms with van der Waals surface area (Å²) in [6, 6.07) is 4.54. The third-order valence-corrected chi connectivity index (χ3v) is 3.27. The third-order valence-electron chi connectivity index (χ3n) is 2.62. The Labute approximate surface area is 113 Å². The molecule has 0 amide bonds. The van der Waals surface area contributed by atoms with Gasteiger partial charge in [-0.2, -0.15) is 0 Å². The zero-order valence-electron chi connectivity index (χ0n) is 9.85. The number of rotatable bonds is 4. The summed E-state index contributed by atoms with van der Waals surface area (Å²) in [5, 5.41) is 17.9. The molecular formula is C12H13BrFN3O.